The molecule has 2 aromatic rings. The van der Waals surface area contributed by atoms with Crippen molar-refractivity contribution in [3.8, 4) is 0 Å². The Labute approximate surface area is 179 Å². The number of hydrogen-bond donors (Lipinski definition) is 4. The topological polar surface area (TPSA) is 99.7 Å². The van der Waals surface area contributed by atoms with Crippen LogP contribution in [0.25, 0.3) is 0 Å². The summed E-state index contributed by atoms with van der Waals surface area (Å²) in [7, 11) is 0. The molecule has 156 valence electrons. The van der Waals surface area contributed by atoms with Crippen molar-refractivity contribution in [1.82, 2.24) is 11.0 Å². The molecule has 0 unspecified atom stereocenters. The number of halogens is 3. The number of anilines is 2. The highest BCUT2D eigenvalue weighted by atomic mass is 127. The van der Waals surface area contributed by atoms with Gasteiger partial charge in [0.15, 0.2) is 0 Å². The number of carbonyl (C=O) groups is 2. The summed E-state index contributed by atoms with van der Waals surface area (Å²) in [5.74, 6) is -2.43. The van der Waals surface area contributed by atoms with Crippen LogP contribution in [-0.4, -0.2) is 23.6 Å². The molecule has 2 amide bonds. The Morgan fingerprint density at radius 2 is 1.86 bits per heavy atom. The average Bonchev–Trinajstić information content (AvgIpc) is 2.70. The standard InChI is InChI=1S/C19H20F2IN3O4/c20-14-6-4-5-13(18(14)23-16-9-8-12(22)11-15(16)21)19(27)25-29-10-3-1-2-7-17(26)24-28/h4-6,8-9,11,23,28H,1-3,7,10H2,(H,24,26)(H,25,27). The first-order valence-electron chi connectivity index (χ1n) is 8.78. The van der Waals surface area contributed by atoms with Crippen molar-refractivity contribution in [1.29, 1.82) is 0 Å². The van der Waals surface area contributed by atoms with Crippen LogP contribution in [-0.2, 0) is 9.63 Å². The van der Waals surface area contributed by atoms with Crippen LogP contribution in [0.1, 0.15) is 36.0 Å². The highest BCUT2D eigenvalue weighted by molar-refractivity contribution is 14.1. The lowest BCUT2D eigenvalue weighted by atomic mass is 10.1. The first-order valence-corrected chi connectivity index (χ1v) is 9.86. The molecule has 29 heavy (non-hydrogen) atoms. The molecular formula is C19H20F2IN3O4. The van der Waals surface area contributed by atoms with Gasteiger partial charge in [0.25, 0.3) is 5.91 Å². The van der Waals surface area contributed by atoms with Gasteiger partial charge in [-0.2, -0.15) is 0 Å². The second kappa shape index (κ2) is 11.6. The van der Waals surface area contributed by atoms with E-state index in [1.54, 1.807) is 11.5 Å². The van der Waals surface area contributed by atoms with E-state index < -0.39 is 23.4 Å². The van der Waals surface area contributed by atoms with E-state index in [1.807, 2.05) is 22.6 Å². The van der Waals surface area contributed by atoms with E-state index in [1.165, 1.54) is 24.3 Å². The van der Waals surface area contributed by atoms with Crippen LogP contribution in [0.5, 0.6) is 0 Å². The highest BCUT2D eigenvalue weighted by Crippen LogP contribution is 2.27. The Morgan fingerprint density at radius 3 is 2.59 bits per heavy atom. The highest BCUT2D eigenvalue weighted by Gasteiger charge is 2.17. The van der Waals surface area contributed by atoms with Gasteiger partial charge in [-0.05, 0) is 65.8 Å². The lowest BCUT2D eigenvalue weighted by Gasteiger charge is -2.14. The molecule has 0 aliphatic carbocycles. The first kappa shape index (κ1) is 23.0. The second-order valence-electron chi connectivity index (χ2n) is 6.04. The van der Waals surface area contributed by atoms with Gasteiger partial charge in [0.2, 0.25) is 5.91 Å². The largest absolute Gasteiger partial charge is 0.350 e. The normalized spacial score (nSPS) is 10.5. The summed E-state index contributed by atoms with van der Waals surface area (Å²) in [5.41, 5.74) is 3.61. The zero-order valence-corrected chi connectivity index (χ0v) is 17.5. The molecule has 4 N–H and O–H groups in total. The summed E-state index contributed by atoms with van der Waals surface area (Å²) in [4.78, 5) is 28.3. The molecule has 0 aliphatic rings. The van der Waals surface area contributed by atoms with Gasteiger partial charge < -0.3 is 5.32 Å². The van der Waals surface area contributed by atoms with Crippen LogP contribution < -0.4 is 16.3 Å². The summed E-state index contributed by atoms with van der Waals surface area (Å²) in [5, 5.41) is 11.0. The quantitative estimate of drug-likeness (QED) is 0.164. The number of hydroxylamine groups is 2. The third-order valence-electron chi connectivity index (χ3n) is 3.89. The van der Waals surface area contributed by atoms with Crippen molar-refractivity contribution >= 4 is 45.8 Å². The van der Waals surface area contributed by atoms with Gasteiger partial charge in [0.1, 0.15) is 11.6 Å². The van der Waals surface area contributed by atoms with Crippen LogP contribution in [0.4, 0.5) is 20.2 Å². The van der Waals surface area contributed by atoms with E-state index >= 15 is 0 Å². The van der Waals surface area contributed by atoms with Gasteiger partial charge in [-0.15, -0.1) is 0 Å². The second-order valence-corrected chi connectivity index (χ2v) is 7.28. The van der Waals surface area contributed by atoms with Crippen molar-refractivity contribution in [3.63, 3.8) is 0 Å². The first-order chi connectivity index (χ1) is 13.9. The molecular weight excluding hydrogens is 499 g/mol. The van der Waals surface area contributed by atoms with Crippen LogP contribution in [0.2, 0.25) is 0 Å². The summed E-state index contributed by atoms with van der Waals surface area (Å²) in [6.07, 6.45) is 1.97. The molecule has 0 saturated heterocycles. The smallest absolute Gasteiger partial charge is 0.277 e. The lowest BCUT2D eigenvalue weighted by Crippen LogP contribution is -2.25. The molecule has 0 saturated carbocycles. The van der Waals surface area contributed by atoms with Gasteiger partial charge >= 0.3 is 0 Å². The fourth-order valence-electron chi connectivity index (χ4n) is 2.43. The minimum atomic E-state index is -0.710. The zero-order chi connectivity index (χ0) is 21.2. The number of carbonyl (C=O) groups excluding carboxylic acids is 2. The SMILES string of the molecule is O=C(CCCCCONC(=O)c1cccc(F)c1Nc1ccc(I)cc1F)NO. The van der Waals surface area contributed by atoms with Crippen molar-refractivity contribution in [2.24, 2.45) is 0 Å². The molecule has 10 heteroatoms. The monoisotopic (exact) mass is 519 g/mol. The Morgan fingerprint density at radius 1 is 1.07 bits per heavy atom. The molecule has 0 atom stereocenters. The number of rotatable bonds is 10. The van der Waals surface area contributed by atoms with Crippen molar-refractivity contribution in [3.05, 3.63) is 57.2 Å². The number of amides is 2. The van der Waals surface area contributed by atoms with Crippen molar-refractivity contribution in [2.75, 3.05) is 11.9 Å². The van der Waals surface area contributed by atoms with Crippen LogP contribution in [0.3, 0.4) is 0 Å². The van der Waals surface area contributed by atoms with Gasteiger partial charge in [0, 0.05) is 9.99 Å². The third-order valence-corrected chi connectivity index (χ3v) is 4.56. The molecule has 0 fully saturated rings. The predicted octanol–water partition coefficient (Wildman–Crippen LogP) is 4.04. The Kier molecular flexibility index (Phi) is 9.22. The summed E-state index contributed by atoms with van der Waals surface area (Å²) < 4.78 is 29.0. The minimum Gasteiger partial charge on any atom is -0.350 e. The number of unbranched alkanes of at least 4 members (excludes halogenated alkanes) is 2. The Balaban J connectivity index is 1.92. The fraction of sp³-hybridized carbons (Fsp3) is 0.263. The molecule has 0 heterocycles. The van der Waals surface area contributed by atoms with E-state index in [-0.39, 0.29) is 30.0 Å². The van der Waals surface area contributed by atoms with E-state index in [9.17, 15) is 18.4 Å². The predicted molar refractivity (Wildman–Crippen MR) is 111 cm³/mol. The summed E-state index contributed by atoms with van der Waals surface area (Å²) in [6, 6.07) is 8.32. The molecule has 2 rings (SSSR count). The van der Waals surface area contributed by atoms with Crippen molar-refractivity contribution < 1.29 is 28.4 Å². The number of para-hydroxylation sites is 1. The minimum absolute atomic E-state index is 0.0393. The molecule has 0 bridgehead atoms. The van der Waals surface area contributed by atoms with Gasteiger partial charge in [-0.1, -0.05) is 12.5 Å². The number of hydrogen-bond acceptors (Lipinski definition) is 5. The lowest BCUT2D eigenvalue weighted by molar-refractivity contribution is -0.129. The maximum absolute atomic E-state index is 14.3. The van der Waals surface area contributed by atoms with E-state index in [4.69, 9.17) is 10.0 Å². The van der Waals surface area contributed by atoms with Crippen LogP contribution >= 0.6 is 22.6 Å². The van der Waals surface area contributed by atoms with Crippen molar-refractivity contribution in [2.45, 2.75) is 25.7 Å². The van der Waals surface area contributed by atoms with Gasteiger partial charge in [0.05, 0.1) is 23.5 Å². The molecule has 0 aliphatic heterocycles. The maximum atomic E-state index is 14.3. The average molecular weight is 519 g/mol. The van der Waals surface area contributed by atoms with Gasteiger partial charge in [-0.3, -0.25) is 19.6 Å². The molecule has 7 nitrogen and oxygen atoms in total. The van der Waals surface area contributed by atoms with E-state index in [0.29, 0.717) is 22.8 Å². The van der Waals surface area contributed by atoms with E-state index in [0.717, 1.165) is 6.07 Å². The zero-order valence-electron chi connectivity index (χ0n) is 15.3. The molecule has 0 spiro atoms. The Bertz CT molecular complexity index is 867. The number of nitrogens with one attached hydrogen (secondary N) is 3. The fourth-order valence-corrected chi connectivity index (χ4v) is 2.88. The third kappa shape index (κ3) is 7.22. The summed E-state index contributed by atoms with van der Waals surface area (Å²) in [6.45, 7) is 0.191. The summed E-state index contributed by atoms with van der Waals surface area (Å²) >= 11 is 1.96. The van der Waals surface area contributed by atoms with Crippen LogP contribution in [0, 0.1) is 15.2 Å². The molecule has 2 aromatic carbocycles. The number of benzene rings is 2. The van der Waals surface area contributed by atoms with E-state index in [2.05, 4.69) is 10.8 Å². The molecule has 0 aromatic heterocycles. The maximum Gasteiger partial charge on any atom is 0.277 e. The Hall–Kier alpha value is -2.31. The van der Waals surface area contributed by atoms with Gasteiger partial charge in [-0.25, -0.2) is 19.7 Å². The molecule has 0 radical (unpaired) electrons. The van der Waals surface area contributed by atoms with Crippen LogP contribution in [0.15, 0.2) is 36.4 Å².